The number of nitrogens with zero attached hydrogens (tertiary/aromatic N) is 1. The van der Waals surface area contributed by atoms with Crippen LogP contribution in [0.25, 0.3) is 0 Å². The molecule has 11 heavy (non-hydrogen) atoms. The zero-order chi connectivity index (χ0) is 7.26. The van der Waals surface area contributed by atoms with Crippen LogP contribution in [0.5, 0.6) is 0 Å². The number of rotatable bonds is 3. The third-order valence-corrected chi connectivity index (χ3v) is 3.12. The van der Waals surface area contributed by atoms with Crippen LogP contribution >= 0.6 is 0 Å². The Morgan fingerprint density at radius 3 is 1.64 bits per heavy atom. The van der Waals surface area contributed by atoms with Gasteiger partial charge in [0.1, 0.15) is 0 Å². The van der Waals surface area contributed by atoms with Gasteiger partial charge in [-0.2, -0.15) is 0 Å². The van der Waals surface area contributed by atoms with E-state index in [1.165, 1.54) is 38.8 Å². The first-order chi connectivity index (χ1) is 5.45. The summed E-state index contributed by atoms with van der Waals surface area (Å²) in [7, 11) is 0. The molecule has 0 radical (unpaired) electrons. The third kappa shape index (κ3) is 1.09. The van der Waals surface area contributed by atoms with E-state index in [-0.39, 0.29) is 0 Å². The molecule has 1 aliphatic heterocycles. The summed E-state index contributed by atoms with van der Waals surface area (Å²) in [5.74, 6) is 0. The molecule has 1 saturated heterocycles. The van der Waals surface area contributed by atoms with Crippen LogP contribution in [0.4, 0.5) is 0 Å². The van der Waals surface area contributed by atoms with E-state index in [4.69, 9.17) is 0 Å². The van der Waals surface area contributed by atoms with Gasteiger partial charge in [-0.3, -0.25) is 4.90 Å². The molecule has 1 N–H and O–H groups in total. The Morgan fingerprint density at radius 2 is 1.36 bits per heavy atom. The topological polar surface area (TPSA) is 15.3 Å². The highest BCUT2D eigenvalue weighted by atomic mass is 15.3. The molecule has 0 spiro atoms. The van der Waals surface area contributed by atoms with Crippen LogP contribution in [-0.4, -0.2) is 36.1 Å². The maximum Gasteiger partial charge on any atom is 0.0351 e. The second-order valence-corrected chi connectivity index (χ2v) is 4.22. The van der Waals surface area contributed by atoms with E-state index in [1.807, 2.05) is 0 Å². The molecule has 3 rings (SSSR count). The minimum atomic E-state index is 0.912. The Hall–Kier alpha value is -0.0800. The highest BCUT2D eigenvalue weighted by molar-refractivity contribution is 5.01. The maximum atomic E-state index is 3.37. The molecule has 0 unspecified atom stereocenters. The molecular formula is C9H16N2. The third-order valence-electron chi connectivity index (χ3n) is 3.12. The van der Waals surface area contributed by atoms with E-state index in [0.717, 1.165) is 18.1 Å². The van der Waals surface area contributed by atoms with Crippen molar-refractivity contribution in [3.05, 3.63) is 0 Å². The predicted molar refractivity (Wildman–Crippen MR) is 44.5 cm³/mol. The molecule has 2 aliphatic carbocycles. The van der Waals surface area contributed by atoms with Crippen molar-refractivity contribution < 1.29 is 0 Å². The minimum Gasteiger partial charge on any atom is -0.314 e. The van der Waals surface area contributed by atoms with Gasteiger partial charge in [-0.1, -0.05) is 0 Å². The monoisotopic (exact) mass is 152 g/mol. The van der Waals surface area contributed by atoms with Crippen molar-refractivity contribution in [2.24, 2.45) is 0 Å². The average Bonchev–Trinajstić information content (AvgIpc) is 2.74. The Balaban J connectivity index is 1.66. The van der Waals surface area contributed by atoms with E-state index in [9.17, 15) is 0 Å². The smallest absolute Gasteiger partial charge is 0.0351 e. The first-order valence-corrected chi connectivity index (χ1v) is 4.93. The highest BCUT2D eigenvalue weighted by Gasteiger charge is 2.44. The summed E-state index contributed by atoms with van der Waals surface area (Å²) in [4.78, 5) is 2.80. The van der Waals surface area contributed by atoms with Crippen LogP contribution in [0.15, 0.2) is 0 Å². The summed E-state index contributed by atoms with van der Waals surface area (Å²) >= 11 is 0. The van der Waals surface area contributed by atoms with Crippen molar-refractivity contribution in [1.82, 2.24) is 10.2 Å². The highest BCUT2D eigenvalue weighted by Crippen LogP contribution is 2.39. The van der Waals surface area contributed by atoms with Crippen molar-refractivity contribution in [2.75, 3.05) is 13.1 Å². The molecule has 3 fully saturated rings. The van der Waals surface area contributed by atoms with Gasteiger partial charge in [0.25, 0.3) is 0 Å². The van der Waals surface area contributed by atoms with Crippen LogP contribution in [0.1, 0.15) is 25.7 Å². The second kappa shape index (κ2) is 2.20. The SMILES string of the molecule is C1CC1N(C1CC1)C1CNC1. The van der Waals surface area contributed by atoms with Gasteiger partial charge in [0, 0.05) is 31.2 Å². The standard InChI is InChI=1S/C9H16N2/c1-2-7(1)11(8-3-4-8)9-5-10-6-9/h7-10H,1-6H2. The molecule has 0 aromatic heterocycles. The summed E-state index contributed by atoms with van der Waals surface area (Å²) in [6.07, 6.45) is 5.92. The van der Waals surface area contributed by atoms with E-state index < -0.39 is 0 Å². The van der Waals surface area contributed by atoms with Crippen LogP contribution in [0.2, 0.25) is 0 Å². The van der Waals surface area contributed by atoms with Crippen molar-refractivity contribution in [3.63, 3.8) is 0 Å². The van der Waals surface area contributed by atoms with Gasteiger partial charge in [-0.25, -0.2) is 0 Å². The van der Waals surface area contributed by atoms with Crippen molar-refractivity contribution in [2.45, 2.75) is 43.8 Å². The van der Waals surface area contributed by atoms with Crippen LogP contribution < -0.4 is 5.32 Å². The largest absolute Gasteiger partial charge is 0.314 e. The van der Waals surface area contributed by atoms with E-state index in [0.29, 0.717) is 0 Å². The molecule has 0 atom stereocenters. The Labute approximate surface area is 68.0 Å². The van der Waals surface area contributed by atoms with E-state index >= 15 is 0 Å². The molecule has 3 aliphatic rings. The molecule has 2 heteroatoms. The Morgan fingerprint density at radius 1 is 0.818 bits per heavy atom. The molecule has 0 bridgehead atoms. The molecule has 62 valence electrons. The lowest BCUT2D eigenvalue weighted by Crippen LogP contribution is -2.58. The first kappa shape index (κ1) is 6.44. The summed E-state index contributed by atoms with van der Waals surface area (Å²) < 4.78 is 0. The lowest BCUT2D eigenvalue weighted by atomic mass is 10.1. The predicted octanol–water partition coefficient (Wildman–Crippen LogP) is 0.585. The summed E-state index contributed by atoms with van der Waals surface area (Å²) in [5.41, 5.74) is 0. The normalized spacial score (nSPS) is 32.5. The second-order valence-electron chi connectivity index (χ2n) is 4.22. The van der Waals surface area contributed by atoms with E-state index in [1.54, 1.807) is 0 Å². The molecule has 1 heterocycles. The summed E-state index contributed by atoms with van der Waals surface area (Å²) in [6, 6.07) is 2.90. The van der Waals surface area contributed by atoms with E-state index in [2.05, 4.69) is 10.2 Å². The molecule has 0 amide bonds. The molecule has 0 aromatic rings. The molecule has 0 aromatic carbocycles. The fourth-order valence-corrected chi connectivity index (χ4v) is 2.12. The quantitative estimate of drug-likeness (QED) is 0.636. The Kier molecular flexibility index (Phi) is 1.29. The Bertz CT molecular complexity index is 145. The first-order valence-electron chi connectivity index (χ1n) is 4.93. The number of nitrogens with one attached hydrogen (secondary N) is 1. The van der Waals surface area contributed by atoms with Gasteiger partial charge in [0.05, 0.1) is 0 Å². The van der Waals surface area contributed by atoms with Gasteiger partial charge in [0.15, 0.2) is 0 Å². The zero-order valence-corrected chi connectivity index (χ0v) is 6.92. The van der Waals surface area contributed by atoms with Crippen molar-refractivity contribution >= 4 is 0 Å². The molecule has 2 saturated carbocycles. The maximum absolute atomic E-state index is 3.37. The van der Waals surface area contributed by atoms with Crippen molar-refractivity contribution in [3.8, 4) is 0 Å². The number of hydrogen-bond donors (Lipinski definition) is 1. The lowest BCUT2D eigenvalue weighted by Gasteiger charge is -2.38. The average molecular weight is 152 g/mol. The fourth-order valence-electron chi connectivity index (χ4n) is 2.12. The van der Waals surface area contributed by atoms with Gasteiger partial charge in [-0.05, 0) is 25.7 Å². The van der Waals surface area contributed by atoms with Gasteiger partial charge in [0.2, 0.25) is 0 Å². The molecule has 2 nitrogen and oxygen atoms in total. The van der Waals surface area contributed by atoms with Gasteiger partial charge < -0.3 is 5.32 Å². The summed E-state index contributed by atoms with van der Waals surface area (Å²) in [5, 5.41) is 3.37. The van der Waals surface area contributed by atoms with Crippen LogP contribution in [-0.2, 0) is 0 Å². The number of hydrogen-bond acceptors (Lipinski definition) is 2. The summed E-state index contributed by atoms with van der Waals surface area (Å²) in [6.45, 7) is 2.51. The van der Waals surface area contributed by atoms with Crippen LogP contribution in [0, 0.1) is 0 Å². The van der Waals surface area contributed by atoms with Crippen LogP contribution in [0.3, 0.4) is 0 Å². The zero-order valence-electron chi connectivity index (χ0n) is 6.92. The minimum absolute atomic E-state index is 0.912. The van der Waals surface area contributed by atoms with Gasteiger partial charge >= 0.3 is 0 Å². The fraction of sp³-hybridized carbons (Fsp3) is 1.00. The lowest BCUT2D eigenvalue weighted by molar-refractivity contribution is 0.128. The molecular weight excluding hydrogens is 136 g/mol. The van der Waals surface area contributed by atoms with Crippen molar-refractivity contribution in [1.29, 1.82) is 0 Å². The van der Waals surface area contributed by atoms with Gasteiger partial charge in [-0.15, -0.1) is 0 Å².